The number of aliphatic imine (C=N–C) groups is 1. The van der Waals surface area contributed by atoms with Gasteiger partial charge in [-0.2, -0.15) is 0 Å². The van der Waals surface area contributed by atoms with Crippen molar-refractivity contribution in [3.8, 4) is 5.75 Å². The van der Waals surface area contributed by atoms with E-state index in [2.05, 4.69) is 44.4 Å². The lowest BCUT2D eigenvalue weighted by Gasteiger charge is -2.30. The average molecular weight is 546 g/mol. The highest BCUT2D eigenvalue weighted by Crippen LogP contribution is 2.26. The zero-order chi connectivity index (χ0) is 21.2. The maximum atomic E-state index is 5.73. The molecular weight excluding hydrogens is 507 g/mol. The molecular formula is C23H39IN4O3. The van der Waals surface area contributed by atoms with Gasteiger partial charge in [0.1, 0.15) is 5.75 Å². The SMILES string of the molecule is CN=C(NCC(c1ccc(OC)cc1)N1CCCC1)N1CCC(COCCOC)C1.I. The van der Waals surface area contributed by atoms with Gasteiger partial charge in [-0.25, -0.2) is 0 Å². The van der Waals surface area contributed by atoms with E-state index in [-0.39, 0.29) is 24.0 Å². The molecule has 2 saturated heterocycles. The minimum atomic E-state index is 0. The van der Waals surface area contributed by atoms with Crippen LogP contribution in [0.3, 0.4) is 0 Å². The smallest absolute Gasteiger partial charge is 0.193 e. The lowest BCUT2D eigenvalue weighted by atomic mass is 10.1. The van der Waals surface area contributed by atoms with Crippen molar-refractivity contribution in [2.45, 2.75) is 25.3 Å². The maximum Gasteiger partial charge on any atom is 0.193 e. The second-order valence-electron chi connectivity index (χ2n) is 8.13. The molecule has 2 unspecified atom stereocenters. The Kier molecular flexibility index (Phi) is 11.9. The van der Waals surface area contributed by atoms with Gasteiger partial charge < -0.3 is 24.4 Å². The molecule has 7 nitrogen and oxygen atoms in total. The fourth-order valence-electron chi connectivity index (χ4n) is 4.41. The number of guanidine groups is 1. The van der Waals surface area contributed by atoms with E-state index in [4.69, 9.17) is 14.2 Å². The zero-order valence-electron chi connectivity index (χ0n) is 19.2. The number of benzene rings is 1. The van der Waals surface area contributed by atoms with Crippen molar-refractivity contribution in [3.63, 3.8) is 0 Å². The molecule has 0 spiro atoms. The number of likely N-dealkylation sites (tertiary alicyclic amines) is 2. The van der Waals surface area contributed by atoms with Crippen LogP contribution in [0, 0.1) is 5.92 Å². The molecule has 0 amide bonds. The van der Waals surface area contributed by atoms with Crippen molar-refractivity contribution in [2.75, 3.05) is 73.8 Å². The first kappa shape index (κ1) is 26.2. The van der Waals surface area contributed by atoms with E-state index < -0.39 is 0 Å². The van der Waals surface area contributed by atoms with Gasteiger partial charge in [-0.15, -0.1) is 24.0 Å². The van der Waals surface area contributed by atoms with E-state index in [9.17, 15) is 0 Å². The van der Waals surface area contributed by atoms with E-state index in [0.717, 1.165) is 57.5 Å². The van der Waals surface area contributed by atoms with Gasteiger partial charge in [-0.05, 0) is 50.0 Å². The first-order chi connectivity index (χ1) is 14.7. The molecule has 0 saturated carbocycles. The number of methoxy groups -OCH3 is 2. The fourth-order valence-corrected chi connectivity index (χ4v) is 4.41. The molecule has 31 heavy (non-hydrogen) atoms. The van der Waals surface area contributed by atoms with Crippen molar-refractivity contribution in [3.05, 3.63) is 29.8 Å². The van der Waals surface area contributed by atoms with Crippen molar-refractivity contribution < 1.29 is 14.2 Å². The Morgan fingerprint density at radius 3 is 2.52 bits per heavy atom. The molecule has 1 aromatic rings. The summed E-state index contributed by atoms with van der Waals surface area (Å²) in [7, 11) is 5.30. The number of ether oxygens (including phenoxy) is 3. The molecule has 0 aromatic heterocycles. The van der Waals surface area contributed by atoms with Gasteiger partial charge in [0.2, 0.25) is 0 Å². The largest absolute Gasteiger partial charge is 0.497 e. The van der Waals surface area contributed by atoms with Crippen LogP contribution >= 0.6 is 24.0 Å². The monoisotopic (exact) mass is 546 g/mol. The predicted molar refractivity (Wildman–Crippen MR) is 136 cm³/mol. The standard InChI is InChI=1S/C23H38N4O3.HI/c1-24-23(27-13-10-19(17-27)18-30-15-14-28-2)25-16-22(26-11-4-5-12-26)20-6-8-21(29-3)9-7-20;/h6-9,19,22H,4-5,10-18H2,1-3H3,(H,24,25);1H. The molecule has 1 N–H and O–H groups in total. The highest BCUT2D eigenvalue weighted by Gasteiger charge is 2.27. The Bertz CT molecular complexity index is 653. The van der Waals surface area contributed by atoms with Gasteiger partial charge in [0.05, 0.1) is 33.0 Å². The molecule has 0 radical (unpaired) electrons. The van der Waals surface area contributed by atoms with E-state index in [1.54, 1.807) is 14.2 Å². The normalized spacial score (nSPS) is 20.5. The first-order valence-electron chi connectivity index (χ1n) is 11.2. The minimum absolute atomic E-state index is 0. The summed E-state index contributed by atoms with van der Waals surface area (Å²) in [5, 5.41) is 3.65. The molecule has 2 heterocycles. The van der Waals surface area contributed by atoms with Crippen LogP contribution in [0.15, 0.2) is 29.3 Å². The number of hydrogen-bond acceptors (Lipinski definition) is 5. The third-order valence-corrected chi connectivity index (χ3v) is 6.12. The van der Waals surface area contributed by atoms with E-state index in [1.807, 2.05) is 7.05 Å². The average Bonchev–Trinajstić information content (AvgIpc) is 3.47. The number of hydrogen-bond donors (Lipinski definition) is 1. The second-order valence-corrected chi connectivity index (χ2v) is 8.13. The Hall–Kier alpha value is -1.10. The summed E-state index contributed by atoms with van der Waals surface area (Å²) >= 11 is 0. The van der Waals surface area contributed by atoms with Crippen LogP contribution in [0.25, 0.3) is 0 Å². The van der Waals surface area contributed by atoms with Crippen molar-refractivity contribution >= 4 is 29.9 Å². The fraction of sp³-hybridized carbons (Fsp3) is 0.696. The van der Waals surface area contributed by atoms with Crippen LogP contribution in [0.5, 0.6) is 5.75 Å². The molecule has 8 heteroatoms. The summed E-state index contributed by atoms with van der Waals surface area (Å²) in [6, 6.07) is 8.83. The first-order valence-corrected chi connectivity index (χ1v) is 11.2. The summed E-state index contributed by atoms with van der Waals surface area (Å²) in [5.41, 5.74) is 1.33. The highest BCUT2D eigenvalue weighted by atomic mass is 127. The van der Waals surface area contributed by atoms with Crippen LogP contribution < -0.4 is 10.1 Å². The second kappa shape index (κ2) is 14.1. The molecule has 1 aromatic carbocycles. The van der Waals surface area contributed by atoms with Crippen molar-refractivity contribution in [2.24, 2.45) is 10.9 Å². The Morgan fingerprint density at radius 1 is 1.13 bits per heavy atom. The topological polar surface area (TPSA) is 58.6 Å². The third-order valence-electron chi connectivity index (χ3n) is 6.12. The van der Waals surface area contributed by atoms with Gasteiger partial charge >= 0.3 is 0 Å². The van der Waals surface area contributed by atoms with E-state index in [1.165, 1.54) is 18.4 Å². The molecule has 2 atom stereocenters. The molecule has 0 aliphatic carbocycles. The molecule has 2 aliphatic rings. The van der Waals surface area contributed by atoms with Crippen LogP contribution in [0.4, 0.5) is 0 Å². The van der Waals surface area contributed by atoms with Crippen LogP contribution in [0.2, 0.25) is 0 Å². The molecule has 2 fully saturated rings. The van der Waals surface area contributed by atoms with Crippen LogP contribution in [-0.2, 0) is 9.47 Å². The van der Waals surface area contributed by atoms with E-state index in [0.29, 0.717) is 25.2 Å². The third kappa shape index (κ3) is 7.76. The number of rotatable bonds is 10. The minimum Gasteiger partial charge on any atom is -0.497 e. The van der Waals surface area contributed by atoms with Crippen molar-refractivity contribution in [1.82, 2.24) is 15.1 Å². The molecule has 3 rings (SSSR count). The molecule has 2 aliphatic heterocycles. The number of nitrogens with one attached hydrogen (secondary N) is 1. The van der Waals surface area contributed by atoms with Crippen LogP contribution in [-0.4, -0.2) is 89.6 Å². The lowest BCUT2D eigenvalue weighted by Crippen LogP contribution is -2.44. The van der Waals surface area contributed by atoms with E-state index >= 15 is 0 Å². The molecule has 0 bridgehead atoms. The number of nitrogens with zero attached hydrogens (tertiary/aromatic N) is 3. The van der Waals surface area contributed by atoms with Gasteiger partial charge in [0.25, 0.3) is 0 Å². The quantitative estimate of drug-likeness (QED) is 0.211. The number of halogens is 1. The molecule has 176 valence electrons. The Morgan fingerprint density at radius 2 is 1.87 bits per heavy atom. The highest BCUT2D eigenvalue weighted by molar-refractivity contribution is 14.0. The van der Waals surface area contributed by atoms with Gasteiger partial charge in [-0.1, -0.05) is 12.1 Å². The Labute approximate surface area is 204 Å². The summed E-state index contributed by atoms with van der Waals surface area (Å²) in [4.78, 5) is 9.51. The summed E-state index contributed by atoms with van der Waals surface area (Å²) in [5.74, 6) is 2.45. The lowest BCUT2D eigenvalue weighted by molar-refractivity contribution is 0.0536. The predicted octanol–water partition coefficient (Wildman–Crippen LogP) is 3.01. The van der Waals surface area contributed by atoms with Gasteiger partial charge in [0.15, 0.2) is 5.96 Å². The van der Waals surface area contributed by atoms with Gasteiger partial charge in [-0.3, -0.25) is 9.89 Å². The van der Waals surface area contributed by atoms with Gasteiger partial charge in [0, 0.05) is 39.7 Å². The maximum absolute atomic E-state index is 5.73. The Balaban J connectivity index is 0.00000341. The van der Waals surface area contributed by atoms with Crippen molar-refractivity contribution in [1.29, 1.82) is 0 Å². The summed E-state index contributed by atoms with van der Waals surface area (Å²) < 4.78 is 16.1. The van der Waals surface area contributed by atoms with Crippen LogP contribution in [0.1, 0.15) is 30.9 Å². The zero-order valence-corrected chi connectivity index (χ0v) is 21.5. The summed E-state index contributed by atoms with van der Waals surface area (Å²) in [6.07, 6.45) is 3.69. The summed E-state index contributed by atoms with van der Waals surface area (Å²) in [6.45, 7) is 7.29.